The third kappa shape index (κ3) is 4.86. The van der Waals surface area contributed by atoms with E-state index in [2.05, 4.69) is 38.3 Å². The van der Waals surface area contributed by atoms with E-state index in [0.717, 1.165) is 46.5 Å². The Morgan fingerprint density at radius 2 is 1.91 bits per heavy atom. The van der Waals surface area contributed by atoms with Crippen molar-refractivity contribution >= 4 is 45.1 Å². The van der Waals surface area contributed by atoms with Gasteiger partial charge in [0.15, 0.2) is 5.13 Å². The lowest BCUT2D eigenvalue weighted by Gasteiger charge is -2.08. The van der Waals surface area contributed by atoms with E-state index in [4.69, 9.17) is 10.7 Å². The van der Waals surface area contributed by atoms with Crippen molar-refractivity contribution in [3.63, 3.8) is 0 Å². The van der Waals surface area contributed by atoms with E-state index in [1.54, 1.807) is 24.3 Å². The quantitative estimate of drug-likeness (QED) is 0.227. The van der Waals surface area contributed by atoms with Gasteiger partial charge in [0.2, 0.25) is 0 Å². The summed E-state index contributed by atoms with van der Waals surface area (Å²) in [6.07, 6.45) is 3.86. The Labute approximate surface area is 206 Å². The molecule has 0 unspecified atom stereocenters. The lowest BCUT2D eigenvalue weighted by atomic mass is 10.2. The highest BCUT2D eigenvalue weighted by molar-refractivity contribution is 7.14. The van der Waals surface area contributed by atoms with Crippen molar-refractivity contribution in [2.24, 2.45) is 0 Å². The maximum Gasteiger partial charge on any atom is 0.255 e. The first kappa shape index (κ1) is 22.6. The molecule has 5 N–H and O–H groups in total. The number of nitrogens with zero attached hydrogens (tertiary/aromatic N) is 3. The van der Waals surface area contributed by atoms with Crippen LogP contribution < -0.4 is 21.7 Å². The van der Waals surface area contributed by atoms with Crippen molar-refractivity contribution in [2.75, 3.05) is 22.9 Å². The molecular weight excluding hydrogens is 458 g/mol. The van der Waals surface area contributed by atoms with Gasteiger partial charge in [0.25, 0.3) is 5.91 Å². The highest BCUT2D eigenvalue weighted by Crippen LogP contribution is 2.28. The summed E-state index contributed by atoms with van der Waals surface area (Å²) in [5.41, 5.74) is 12.3. The zero-order valence-corrected chi connectivity index (χ0v) is 20.0. The zero-order chi connectivity index (χ0) is 24.2. The summed E-state index contributed by atoms with van der Waals surface area (Å²) in [7, 11) is 0. The average molecular weight is 484 g/mol. The molecule has 0 fully saturated rings. The first-order valence-electron chi connectivity index (χ1n) is 11.3. The molecule has 176 valence electrons. The molecule has 0 aliphatic rings. The van der Waals surface area contributed by atoms with Crippen LogP contribution in [-0.4, -0.2) is 26.8 Å². The number of carbonyl (C=O) groups is 1. The average Bonchev–Trinajstić information content (AvgIpc) is 3.51. The molecule has 3 heterocycles. The Kier molecular flexibility index (Phi) is 6.42. The fourth-order valence-electron chi connectivity index (χ4n) is 3.74. The monoisotopic (exact) mass is 483 g/mol. The predicted octanol–water partition coefficient (Wildman–Crippen LogP) is 5.15. The zero-order valence-electron chi connectivity index (χ0n) is 19.2. The Bertz CT molecular complexity index is 1470. The van der Waals surface area contributed by atoms with Gasteiger partial charge in [0.05, 0.1) is 23.3 Å². The summed E-state index contributed by atoms with van der Waals surface area (Å²) in [6, 6.07) is 18.5. The molecule has 0 saturated heterocycles. The maximum atomic E-state index is 12.6. The number of hydrogen-bond acceptors (Lipinski definition) is 7. The van der Waals surface area contributed by atoms with Crippen LogP contribution in [0.4, 0.5) is 22.2 Å². The molecule has 9 heteroatoms. The Hall–Kier alpha value is -4.21. The number of carbonyl (C=O) groups excluding carboxylic acids is 1. The topological polar surface area (TPSA) is 109 Å². The van der Waals surface area contributed by atoms with Crippen LogP contribution in [0.3, 0.4) is 0 Å². The number of hydrogen-bond donors (Lipinski definition) is 4. The molecule has 0 saturated carbocycles. The standard InChI is InChI=1S/C26H25N7OS/c1-2-28-14-18-6-5-13-33-23(15-29-24(18)33)22-16-35-26(32-22)30-19-11-9-17(10-12-19)25(34)31-21-8-4-3-7-20(21)27/h3-13,15-16,28H,2,14,27H2,1H3,(H,30,32)(H,31,34). The van der Waals surface area contributed by atoms with Crippen molar-refractivity contribution < 1.29 is 4.79 Å². The number of anilines is 4. The molecule has 5 rings (SSSR count). The van der Waals surface area contributed by atoms with Crippen LogP contribution in [0.5, 0.6) is 0 Å². The van der Waals surface area contributed by atoms with Crippen LogP contribution in [0.25, 0.3) is 17.0 Å². The molecule has 5 aromatic rings. The molecule has 0 radical (unpaired) electrons. The third-order valence-electron chi connectivity index (χ3n) is 5.56. The molecule has 1 amide bonds. The largest absolute Gasteiger partial charge is 0.397 e. The first-order chi connectivity index (χ1) is 17.1. The lowest BCUT2D eigenvalue weighted by Crippen LogP contribution is -2.13. The second kappa shape index (κ2) is 9.96. The van der Waals surface area contributed by atoms with Gasteiger partial charge in [-0.15, -0.1) is 11.3 Å². The van der Waals surface area contributed by atoms with Crippen LogP contribution in [0.15, 0.2) is 78.4 Å². The van der Waals surface area contributed by atoms with Crippen LogP contribution in [0, 0.1) is 0 Å². The van der Waals surface area contributed by atoms with Gasteiger partial charge < -0.3 is 21.7 Å². The molecule has 2 aromatic carbocycles. The molecule has 0 bridgehead atoms. The van der Waals surface area contributed by atoms with E-state index < -0.39 is 0 Å². The number of thiazole rings is 1. The summed E-state index contributed by atoms with van der Waals surface area (Å²) in [5.74, 6) is -0.216. The summed E-state index contributed by atoms with van der Waals surface area (Å²) in [5, 5.41) is 12.3. The minimum Gasteiger partial charge on any atom is -0.397 e. The van der Waals surface area contributed by atoms with Crippen LogP contribution in [-0.2, 0) is 6.54 Å². The highest BCUT2D eigenvalue weighted by Gasteiger charge is 2.13. The van der Waals surface area contributed by atoms with Crippen LogP contribution in [0.2, 0.25) is 0 Å². The smallest absolute Gasteiger partial charge is 0.255 e. The van der Waals surface area contributed by atoms with Gasteiger partial charge in [-0.05, 0) is 49.0 Å². The van der Waals surface area contributed by atoms with Crippen molar-refractivity contribution in [3.8, 4) is 11.4 Å². The molecule has 8 nitrogen and oxygen atoms in total. The van der Waals surface area contributed by atoms with Crippen molar-refractivity contribution in [1.82, 2.24) is 19.7 Å². The SMILES string of the molecule is CCNCc1cccn2c(-c3csc(Nc4ccc(C(=O)Nc5ccccc5N)cc4)n3)cnc12. The van der Waals surface area contributed by atoms with Crippen molar-refractivity contribution in [2.45, 2.75) is 13.5 Å². The first-order valence-corrected chi connectivity index (χ1v) is 12.1. The molecule has 3 aromatic heterocycles. The van der Waals surface area contributed by atoms with E-state index in [0.29, 0.717) is 16.9 Å². The van der Waals surface area contributed by atoms with Crippen molar-refractivity contribution in [3.05, 3.63) is 89.6 Å². The Balaban J connectivity index is 1.29. The molecule has 0 atom stereocenters. The number of pyridine rings is 1. The third-order valence-corrected chi connectivity index (χ3v) is 6.31. The number of nitrogen functional groups attached to an aromatic ring is 1. The molecular formula is C26H25N7OS. The number of aromatic nitrogens is 3. The number of nitrogens with one attached hydrogen (secondary N) is 3. The van der Waals surface area contributed by atoms with Crippen LogP contribution >= 0.6 is 11.3 Å². The van der Waals surface area contributed by atoms with Gasteiger partial charge in [-0.1, -0.05) is 25.1 Å². The molecule has 0 aliphatic heterocycles. The fraction of sp³-hybridized carbons (Fsp3) is 0.115. The van der Waals surface area contributed by atoms with E-state index in [1.807, 2.05) is 48.1 Å². The van der Waals surface area contributed by atoms with Crippen molar-refractivity contribution in [1.29, 1.82) is 0 Å². The Morgan fingerprint density at radius 3 is 2.71 bits per heavy atom. The minimum atomic E-state index is -0.216. The summed E-state index contributed by atoms with van der Waals surface area (Å²) >= 11 is 1.51. The number of benzene rings is 2. The van der Waals surface area contributed by atoms with Gasteiger partial charge >= 0.3 is 0 Å². The number of nitrogens with two attached hydrogens (primary N) is 1. The van der Waals surface area contributed by atoms with Gasteiger partial charge in [0, 0.05) is 34.9 Å². The number of fused-ring (bicyclic) bond motifs is 1. The normalized spacial score (nSPS) is 11.0. The predicted molar refractivity (Wildman–Crippen MR) is 142 cm³/mol. The number of rotatable bonds is 8. The van der Waals surface area contributed by atoms with E-state index >= 15 is 0 Å². The number of imidazole rings is 1. The van der Waals surface area contributed by atoms with E-state index in [1.165, 1.54) is 11.3 Å². The maximum absolute atomic E-state index is 12.6. The van der Waals surface area contributed by atoms with Gasteiger partial charge in [-0.2, -0.15) is 0 Å². The number of amides is 1. The van der Waals surface area contributed by atoms with Gasteiger partial charge in [0.1, 0.15) is 11.3 Å². The number of para-hydroxylation sites is 2. The molecule has 0 aliphatic carbocycles. The van der Waals surface area contributed by atoms with E-state index in [-0.39, 0.29) is 5.91 Å². The second-order valence-corrected chi connectivity index (χ2v) is 8.79. The van der Waals surface area contributed by atoms with Gasteiger partial charge in [-0.3, -0.25) is 9.20 Å². The lowest BCUT2D eigenvalue weighted by molar-refractivity contribution is 0.102. The second-order valence-electron chi connectivity index (χ2n) is 7.93. The summed E-state index contributed by atoms with van der Waals surface area (Å²) in [4.78, 5) is 21.9. The van der Waals surface area contributed by atoms with Crippen LogP contribution in [0.1, 0.15) is 22.8 Å². The molecule has 35 heavy (non-hydrogen) atoms. The minimum absolute atomic E-state index is 0.216. The fourth-order valence-corrected chi connectivity index (χ4v) is 4.46. The summed E-state index contributed by atoms with van der Waals surface area (Å²) in [6.45, 7) is 3.77. The molecule has 0 spiro atoms. The summed E-state index contributed by atoms with van der Waals surface area (Å²) < 4.78 is 2.07. The van der Waals surface area contributed by atoms with E-state index in [9.17, 15) is 4.79 Å². The van der Waals surface area contributed by atoms with Gasteiger partial charge in [-0.25, -0.2) is 9.97 Å². The highest BCUT2D eigenvalue weighted by atomic mass is 32.1. The Morgan fingerprint density at radius 1 is 1.09 bits per heavy atom.